The van der Waals surface area contributed by atoms with E-state index >= 15 is 8.78 Å². The molecule has 3 unspecified atom stereocenters. The summed E-state index contributed by atoms with van der Waals surface area (Å²) in [6.07, 6.45) is 2.49. The summed E-state index contributed by atoms with van der Waals surface area (Å²) >= 11 is 0.962. The second kappa shape index (κ2) is 24.1. The molecule has 79 heavy (non-hydrogen) atoms. The topological polar surface area (TPSA) is 227 Å². The van der Waals surface area contributed by atoms with Gasteiger partial charge in [0.25, 0.3) is 11.8 Å². The fourth-order valence-corrected chi connectivity index (χ4v) is 11.7. The normalized spacial score (nSPS) is 21.0. The molecule has 4 aromatic rings. The second-order valence-electron chi connectivity index (χ2n) is 22.3. The summed E-state index contributed by atoms with van der Waals surface area (Å²) in [5, 5.41) is 5.35. The number of esters is 1. The van der Waals surface area contributed by atoms with Crippen LogP contribution in [0.1, 0.15) is 135 Å². The van der Waals surface area contributed by atoms with Crippen molar-refractivity contribution in [3.05, 3.63) is 105 Å². The van der Waals surface area contributed by atoms with E-state index in [4.69, 9.17) is 14.2 Å². The summed E-state index contributed by atoms with van der Waals surface area (Å²) in [5.74, 6) is 3.03. The molecule has 0 radical (unpaired) electrons. The Morgan fingerprint density at radius 1 is 0.962 bits per heavy atom. The van der Waals surface area contributed by atoms with Crippen LogP contribution in [0.4, 0.5) is 8.78 Å². The van der Waals surface area contributed by atoms with Crippen LogP contribution in [0.2, 0.25) is 0 Å². The number of ether oxygens (including phenoxy) is 3. The zero-order valence-corrected chi connectivity index (χ0v) is 46.7. The van der Waals surface area contributed by atoms with Gasteiger partial charge < -0.3 is 39.1 Å². The number of benzene rings is 3. The SMILES string of the molecule is CC(C)(C)C(=O)OCOP(=O)(O)C(F)(F)c1ccc2sc(C(=O)NC(C(=O)N3C[C@@H](OCCCCCC#Cc4cccc5c4CN(C4CCC(=O)NC4=O)C5=O)C[C@H]3C(=O)N3CCO[C@H](c4ccccc4)C3)C(C)(C)C)cc2c1. The molecule has 6 amide bonds. The molecule has 3 N–H and O–H groups in total. The van der Waals surface area contributed by atoms with Crippen LogP contribution in [0.15, 0.2) is 72.8 Å². The number of rotatable bonds is 17. The van der Waals surface area contributed by atoms with E-state index in [1.165, 1.54) is 42.7 Å². The lowest BCUT2D eigenvalue weighted by Crippen LogP contribution is -2.58. The molecule has 0 aliphatic carbocycles. The van der Waals surface area contributed by atoms with E-state index < -0.39 is 84.4 Å². The maximum Gasteiger partial charge on any atom is 0.404 e. The maximum atomic E-state index is 15.6. The average molecular weight is 1130 g/mol. The third-order valence-electron chi connectivity index (χ3n) is 14.3. The minimum Gasteiger partial charge on any atom is -0.438 e. The minimum absolute atomic E-state index is 0.0648. The lowest BCUT2D eigenvalue weighted by molar-refractivity contribution is -0.160. The molecule has 4 aliphatic rings. The van der Waals surface area contributed by atoms with Crippen molar-refractivity contribution in [1.29, 1.82) is 0 Å². The summed E-state index contributed by atoms with van der Waals surface area (Å²) in [6.45, 7) is 10.2. The fourth-order valence-electron chi connectivity index (χ4n) is 9.90. The standard InChI is InChI=1S/C57H66F2N5O13PS/c1-55(2,3)48(61-50(67)46-29-37-28-38(21-23-45(37)79-46)57(58,59)78(72,73)77-34-76-54(71)56(4,5)6)53(70)63-31-39(30-43(63)52(69)62-25-27-75-44(33-62)36-17-12-10-13-18-36)74-26-14-9-7-8-11-16-35-19-15-20-40-41(35)32-64(51(40)68)42-22-24-47(65)60-49(42)66/h10,12-13,15,17-21,23,28-29,39,42-44,48H,7-9,14,22,24-27,30-34H2,1-6H3,(H,61,67)(H,72,73)(H,60,65,66)/t39-,42?,43-,44-,48?/m0/s1. The molecule has 3 saturated heterocycles. The molecule has 0 saturated carbocycles. The van der Waals surface area contributed by atoms with Gasteiger partial charge in [-0.3, -0.25) is 48.0 Å². The van der Waals surface area contributed by atoms with Gasteiger partial charge >= 0.3 is 19.2 Å². The molecular formula is C57H66F2N5O13PS. The Bertz CT molecular complexity index is 3110. The van der Waals surface area contributed by atoms with Crippen molar-refractivity contribution >= 4 is 70.4 Å². The number of thiophene rings is 1. The highest BCUT2D eigenvalue weighted by atomic mass is 32.1. The number of nitrogens with zero attached hydrogens (tertiary/aromatic N) is 3. The zero-order valence-electron chi connectivity index (χ0n) is 45.0. The summed E-state index contributed by atoms with van der Waals surface area (Å²) < 4.78 is 66.1. The molecule has 8 rings (SSSR count). The Balaban J connectivity index is 0.912. The van der Waals surface area contributed by atoms with Crippen molar-refractivity contribution in [2.75, 3.05) is 39.6 Å². The van der Waals surface area contributed by atoms with Crippen LogP contribution >= 0.6 is 18.9 Å². The van der Waals surface area contributed by atoms with Crippen LogP contribution in [-0.4, -0.2) is 125 Å². The Hall–Kier alpha value is -6.40. The number of carbonyl (C=O) groups excluding carboxylic acids is 7. The maximum absolute atomic E-state index is 15.6. The van der Waals surface area contributed by atoms with E-state index in [0.29, 0.717) is 41.8 Å². The first-order valence-corrected chi connectivity index (χ1v) is 28.7. The van der Waals surface area contributed by atoms with Crippen molar-refractivity contribution in [2.45, 2.75) is 129 Å². The van der Waals surface area contributed by atoms with E-state index in [1.54, 1.807) is 37.8 Å². The predicted octanol–water partition coefficient (Wildman–Crippen LogP) is 7.80. The number of alkyl halides is 2. The Labute approximate surface area is 461 Å². The number of piperidine rings is 1. The molecule has 3 aromatic carbocycles. The second-order valence-corrected chi connectivity index (χ2v) is 25.2. The van der Waals surface area contributed by atoms with Crippen molar-refractivity contribution < 1.29 is 70.5 Å². The Morgan fingerprint density at radius 3 is 2.44 bits per heavy atom. The van der Waals surface area contributed by atoms with Crippen LogP contribution in [0.25, 0.3) is 10.1 Å². The minimum atomic E-state index is -5.75. The third kappa shape index (κ3) is 13.4. The average Bonchev–Trinajstić information content (AvgIpc) is 4.27. The first kappa shape index (κ1) is 58.7. The lowest BCUT2D eigenvalue weighted by Gasteiger charge is -2.38. The number of hydrogen-bond donors (Lipinski definition) is 3. The number of morpholine rings is 1. The monoisotopic (exact) mass is 1130 g/mol. The van der Waals surface area contributed by atoms with E-state index in [9.17, 15) is 43.0 Å². The number of unbranched alkanes of at least 4 members (excludes halogenated alkanes) is 3. The van der Waals surface area contributed by atoms with E-state index in [2.05, 4.69) is 27.0 Å². The number of amides is 6. The van der Waals surface area contributed by atoms with Crippen LogP contribution < -0.4 is 10.6 Å². The van der Waals surface area contributed by atoms with Crippen molar-refractivity contribution in [2.24, 2.45) is 10.8 Å². The smallest absolute Gasteiger partial charge is 0.404 e. The van der Waals surface area contributed by atoms with Crippen molar-refractivity contribution in [1.82, 2.24) is 25.3 Å². The molecular weight excluding hydrogens is 1060 g/mol. The van der Waals surface area contributed by atoms with Gasteiger partial charge in [0.05, 0.1) is 29.5 Å². The van der Waals surface area contributed by atoms with Gasteiger partial charge in [0.15, 0.2) is 0 Å². The largest absolute Gasteiger partial charge is 0.438 e. The van der Waals surface area contributed by atoms with E-state index in [1.807, 2.05) is 36.4 Å². The Morgan fingerprint density at radius 2 is 1.72 bits per heavy atom. The van der Waals surface area contributed by atoms with Gasteiger partial charge in [0.2, 0.25) is 30.4 Å². The number of fused-ring (bicyclic) bond motifs is 2. The van der Waals surface area contributed by atoms with Gasteiger partial charge in [0, 0.05) is 66.9 Å². The highest BCUT2D eigenvalue weighted by molar-refractivity contribution is 7.53. The quantitative estimate of drug-likeness (QED) is 0.0229. The first-order chi connectivity index (χ1) is 37.3. The first-order valence-electron chi connectivity index (χ1n) is 26.3. The van der Waals surface area contributed by atoms with Gasteiger partial charge in [-0.25, -0.2) is 0 Å². The number of hydrogen-bond acceptors (Lipinski definition) is 13. The number of carbonyl (C=O) groups is 7. The van der Waals surface area contributed by atoms with E-state index in [-0.39, 0.29) is 79.6 Å². The molecule has 1 aromatic heterocycles. The molecule has 6 atom stereocenters. The summed E-state index contributed by atoms with van der Waals surface area (Å²) in [6, 6.07) is 16.6. The number of likely N-dealkylation sites (tertiary alicyclic amines) is 1. The zero-order chi connectivity index (χ0) is 57.0. The molecule has 0 bridgehead atoms. The lowest BCUT2D eigenvalue weighted by atomic mass is 9.85. The molecule has 3 fully saturated rings. The molecule has 422 valence electrons. The van der Waals surface area contributed by atoms with Gasteiger partial charge in [-0.05, 0) is 92.3 Å². The molecule has 5 heterocycles. The van der Waals surface area contributed by atoms with Gasteiger partial charge in [-0.1, -0.05) is 81.5 Å². The molecule has 0 spiro atoms. The third-order valence-corrected chi connectivity index (χ3v) is 16.9. The summed E-state index contributed by atoms with van der Waals surface area (Å²) in [7, 11) is -5.75. The number of imide groups is 1. The van der Waals surface area contributed by atoms with Crippen molar-refractivity contribution in [3.63, 3.8) is 0 Å². The van der Waals surface area contributed by atoms with E-state index in [0.717, 1.165) is 47.4 Å². The van der Waals surface area contributed by atoms with Crippen LogP contribution in [0, 0.1) is 22.7 Å². The van der Waals surface area contributed by atoms with Gasteiger partial charge in [-0.15, -0.1) is 11.3 Å². The van der Waals surface area contributed by atoms with Crippen LogP contribution in [0.5, 0.6) is 0 Å². The van der Waals surface area contributed by atoms with Gasteiger partial charge in [0.1, 0.15) is 24.2 Å². The summed E-state index contributed by atoms with van der Waals surface area (Å²) in [4.78, 5) is 108. The number of halogens is 2. The fraction of sp³-hybridized carbons (Fsp3) is 0.491. The Kier molecular flexibility index (Phi) is 17.9. The highest BCUT2D eigenvalue weighted by Gasteiger charge is 2.53. The van der Waals surface area contributed by atoms with Crippen molar-refractivity contribution in [3.8, 4) is 11.8 Å². The van der Waals surface area contributed by atoms with Crippen LogP contribution in [0.3, 0.4) is 0 Å². The highest BCUT2D eigenvalue weighted by Crippen LogP contribution is 2.63. The predicted molar refractivity (Wildman–Crippen MR) is 287 cm³/mol. The van der Waals surface area contributed by atoms with Crippen LogP contribution in [-0.2, 0) is 59.5 Å². The van der Waals surface area contributed by atoms with Gasteiger partial charge in [-0.2, -0.15) is 8.78 Å². The molecule has 22 heteroatoms. The molecule has 18 nitrogen and oxygen atoms in total. The number of nitrogens with one attached hydrogen (secondary N) is 2. The molecule has 4 aliphatic heterocycles. The summed E-state index contributed by atoms with van der Waals surface area (Å²) in [5.41, 5.74) is -4.36.